The van der Waals surface area contributed by atoms with Crippen LogP contribution in [0.4, 0.5) is 5.82 Å². The van der Waals surface area contributed by atoms with Crippen molar-refractivity contribution in [3.05, 3.63) is 66.6 Å². The van der Waals surface area contributed by atoms with E-state index in [1.54, 1.807) is 0 Å². The van der Waals surface area contributed by atoms with Gasteiger partial charge in [0.1, 0.15) is 11.5 Å². The van der Waals surface area contributed by atoms with Crippen LogP contribution in [-0.4, -0.2) is 46.0 Å². The molecule has 5 heteroatoms. The summed E-state index contributed by atoms with van der Waals surface area (Å²) in [5.74, 6) is 1.08. The Bertz CT molecular complexity index is 1050. The Balaban J connectivity index is 1.28. The van der Waals surface area contributed by atoms with E-state index in [1.165, 1.54) is 21.7 Å². The second kappa shape index (κ2) is 6.42. The van der Waals surface area contributed by atoms with Gasteiger partial charge in [-0.25, -0.2) is 9.97 Å². The molecule has 1 saturated heterocycles. The molecule has 0 atom stereocenters. The van der Waals surface area contributed by atoms with Gasteiger partial charge in [-0.2, -0.15) is 0 Å². The third-order valence-corrected chi connectivity index (χ3v) is 5.24. The summed E-state index contributed by atoms with van der Waals surface area (Å²) >= 11 is 0. The topological polar surface area (TPSA) is 48.0 Å². The van der Waals surface area contributed by atoms with Crippen LogP contribution in [0.15, 0.2) is 61.1 Å². The van der Waals surface area contributed by atoms with Crippen molar-refractivity contribution in [3.8, 4) is 0 Å². The van der Waals surface area contributed by atoms with Crippen molar-refractivity contribution in [2.75, 3.05) is 31.1 Å². The summed E-state index contributed by atoms with van der Waals surface area (Å²) in [5.41, 5.74) is 2.30. The van der Waals surface area contributed by atoms with Crippen LogP contribution in [0.3, 0.4) is 0 Å². The molecule has 4 heterocycles. The fourth-order valence-corrected chi connectivity index (χ4v) is 3.76. The number of nitrogens with zero attached hydrogens (tertiary/aromatic N) is 4. The van der Waals surface area contributed by atoms with Crippen molar-refractivity contribution in [3.63, 3.8) is 0 Å². The predicted molar refractivity (Wildman–Crippen MR) is 105 cm³/mol. The molecule has 3 aromatic heterocycles. The van der Waals surface area contributed by atoms with E-state index in [0.29, 0.717) is 0 Å². The lowest BCUT2D eigenvalue weighted by Gasteiger charge is -2.35. The molecule has 26 heavy (non-hydrogen) atoms. The maximum atomic E-state index is 4.67. The molecule has 1 aliphatic heterocycles. The van der Waals surface area contributed by atoms with Crippen LogP contribution >= 0.6 is 0 Å². The molecule has 130 valence electrons. The van der Waals surface area contributed by atoms with Gasteiger partial charge in [-0.1, -0.05) is 24.3 Å². The number of anilines is 1. The molecular weight excluding hydrogens is 322 g/mol. The number of piperazine rings is 1. The van der Waals surface area contributed by atoms with Crippen LogP contribution in [0.1, 0.15) is 5.56 Å². The summed E-state index contributed by atoms with van der Waals surface area (Å²) in [6, 6.07) is 14.8. The van der Waals surface area contributed by atoms with Gasteiger partial charge >= 0.3 is 0 Å². The van der Waals surface area contributed by atoms with Crippen LogP contribution in [0, 0.1) is 0 Å². The lowest BCUT2D eigenvalue weighted by Crippen LogP contribution is -2.46. The van der Waals surface area contributed by atoms with Crippen molar-refractivity contribution in [2.45, 2.75) is 6.54 Å². The largest absolute Gasteiger partial charge is 0.354 e. The predicted octanol–water partition coefficient (Wildman–Crippen LogP) is 3.43. The first kappa shape index (κ1) is 15.3. The molecule has 0 unspecified atom stereocenters. The van der Waals surface area contributed by atoms with Crippen LogP contribution < -0.4 is 4.90 Å². The van der Waals surface area contributed by atoms with E-state index in [1.807, 2.05) is 18.5 Å². The number of benzene rings is 1. The van der Waals surface area contributed by atoms with Crippen molar-refractivity contribution in [1.82, 2.24) is 19.9 Å². The first-order chi connectivity index (χ1) is 12.9. The molecule has 0 saturated carbocycles. The zero-order chi connectivity index (χ0) is 17.3. The molecule has 0 bridgehead atoms. The molecule has 0 spiro atoms. The second-order valence-corrected chi connectivity index (χ2v) is 6.87. The summed E-state index contributed by atoms with van der Waals surface area (Å²) in [6.45, 7) is 5.06. The minimum absolute atomic E-state index is 0.963. The van der Waals surface area contributed by atoms with Crippen LogP contribution in [0.5, 0.6) is 0 Å². The maximum absolute atomic E-state index is 4.67. The number of hydrogen-bond acceptors (Lipinski definition) is 4. The Kier molecular flexibility index (Phi) is 3.79. The number of nitrogens with one attached hydrogen (secondary N) is 1. The Hall–Kier alpha value is -2.92. The lowest BCUT2D eigenvalue weighted by molar-refractivity contribution is 0.250. The van der Waals surface area contributed by atoms with Gasteiger partial charge in [-0.15, -0.1) is 0 Å². The molecule has 1 N–H and O–H groups in total. The molecule has 1 aliphatic rings. The average Bonchev–Trinajstić information content (AvgIpc) is 3.11. The normalized spacial score (nSPS) is 15.8. The van der Waals surface area contributed by atoms with E-state index in [0.717, 1.165) is 44.2 Å². The molecule has 1 fully saturated rings. The van der Waals surface area contributed by atoms with E-state index >= 15 is 0 Å². The van der Waals surface area contributed by atoms with Gasteiger partial charge < -0.3 is 9.88 Å². The number of fused-ring (bicyclic) bond motifs is 2. The third kappa shape index (κ3) is 2.80. The molecule has 5 nitrogen and oxygen atoms in total. The van der Waals surface area contributed by atoms with E-state index in [9.17, 15) is 0 Å². The summed E-state index contributed by atoms with van der Waals surface area (Å²) in [4.78, 5) is 17.2. The highest BCUT2D eigenvalue weighted by atomic mass is 15.3. The lowest BCUT2D eigenvalue weighted by atomic mass is 10.1. The molecule has 1 aromatic carbocycles. The Morgan fingerprint density at radius 2 is 1.77 bits per heavy atom. The van der Waals surface area contributed by atoms with E-state index in [2.05, 4.69) is 67.3 Å². The number of H-pyrrole nitrogens is 1. The van der Waals surface area contributed by atoms with Gasteiger partial charge in [0.05, 0.1) is 0 Å². The van der Waals surface area contributed by atoms with Crippen molar-refractivity contribution >= 4 is 27.6 Å². The minimum Gasteiger partial charge on any atom is -0.354 e. The molecular formula is C21H21N5. The van der Waals surface area contributed by atoms with Gasteiger partial charge in [0.15, 0.2) is 0 Å². The zero-order valence-electron chi connectivity index (χ0n) is 14.6. The monoisotopic (exact) mass is 343 g/mol. The van der Waals surface area contributed by atoms with Crippen LogP contribution in [0.2, 0.25) is 0 Å². The van der Waals surface area contributed by atoms with Gasteiger partial charge in [0.25, 0.3) is 0 Å². The molecule has 5 rings (SSSR count). The summed E-state index contributed by atoms with van der Waals surface area (Å²) in [7, 11) is 0. The Labute approximate surface area is 152 Å². The first-order valence-corrected chi connectivity index (χ1v) is 9.10. The maximum Gasteiger partial charge on any atom is 0.137 e. The molecule has 4 aromatic rings. The van der Waals surface area contributed by atoms with Crippen LogP contribution in [-0.2, 0) is 6.54 Å². The Morgan fingerprint density at radius 1 is 0.923 bits per heavy atom. The van der Waals surface area contributed by atoms with Crippen LogP contribution in [0.25, 0.3) is 21.8 Å². The standard InChI is InChI=1S/C21H21N5/c1-2-5-17-13-23-20(12-16(17)4-1)26-10-8-25(9-11-26)15-18-14-24-21-19(18)6-3-7-22-21/h1-7,12-14H,8-11,15H2,(H,22,24). The molecule has 0 radical (unpaired) electrons. The fraction of sp³-hybridized carbons (Fsp3) is 0.238. The number of aromatic amines is 1. The van der Waals surface area contributed by atoms with E-state index in [4.69, 9.17) is 0 Å². The minimum atomic E-state index is 0.963. The smallest absolute Gasteiger partial charge is 0.137 e. The highest BCUT2D eigenvalue weighted by molar-refractivity contribution is 5.84. The number of aromatic nitrogens is 3. The summed E-state index contributed by atoms with van der Waals surface area (Å²) in [6.07, 6.45) is 5.91. The average molecular weight is 343 g/mol. The summed E-state index contributed by atoms with van der Waals surface area (Å²) in [5, 5.41) is 3.68. The second-order valence-electron chi connectivity index (χ2n) is 6.87. The SMILES string of the molecule is c1ccc2cc(N3CCN(Cc4c[nH]c5ncccc45)CC3)ncc2c1. The molecule has 0 aliphatic carbocycles. The Morgan fingerprint density at radius 3 is 2.65 bits per heavy atom. The first-order valence-electron chi connectivity index (χ1n) is 9.10. The van der Waals surface area contributed by atoms with Crippen molar-refractivity contribution < 1.29 is 0 Å². The van der Waals surface area contributed by atoms with Crippen molar-refractivity contribution in [2.24, 2.45) is 0 Å². The number of pyridine rings is 2. The number of hydrogen-bond donors (Lipinski definition) is 1. The number of rotatable bonds is 3. The van der Waals surface area contributed by atoms with Gasteiger partial charge in [-0.3, -0.25) is 4.90 Å². The van der Waals surface area contributed by atoms with Crippen molar-refractivity contribution in [1.29, 1.82) is 0 Å². The highest BCUT2D eigenvalue weighted by Crippen LogP contribution is 2.22. The van der Waals surface area contributed by atoms with E-state index in [-0.39, 0.29) is 0 Å². The third-order valence-electron chi connectivity index (χ3n) is 5.24. The van der Waals surface area contributed by atoms with Gasteiger partial charge in [0, 0.05) is 62.1 Å². The van der Waals surface area contributed by atoms with E-state index < -0.39 is 0 Å². The van der Waals surface area contributed by atoms with Gasteiger partial charge in [0.2, 0.25) is 0 Å². The van der Waals surface area contributed by atoms with Gasteiger partial charge in [-0.05, 0) is 29.1 Å². The zero-order valence-corrected chi connectivity index (χ0v) is 14.6. The summed E-state index contributed by atoms with van der Waals surface area (Å²) < 4.78 is 0. The fourth-order valence-electron chi connectivity index (χ4n) is 3.76. The quantitative estimate of drug-likeness (QED) is 0.619. The molecule has 0 amide bonds. The highest BCUT2D eigenvalue weighted by Gasteiger charge is 2.19.